The van der Waals surface area contributed by atoms with Crippen LogP contribution in [0.15, 0.2) is 54.7 Å². The Labute approximate surface area is 172 Å². The molecule has 0 saturated carbocycles. The summed E-state index contributed by atoms with van der Waals surface area (Å²) in [6.45, 7) is 1.16. The van der Waals surface area contributed by atoms with Gasteiger partial charge in [0.15, 0.2) is 0 Å². The molecule has 0 unspecified atom stereocenters. The highest BCUT2D eigenvalue weighted by atomic mass is 35.5. The summed E-state index contributed by atoms with van der Waals surface area (Å²) in [5.74, 6) is 0.734. The zero-order chi connectivity index (χ0) is 19.9. The molecule has 0 bridgehead atoms. The number of nitrogens with zero attached hydrogens (tertiary/aromatic N) is 2. The Hall–Kier alpha value is -2.83. The molecule has 28 heavy (non-hydrogen) atoms. The molecule has 0 aliphatic rings. The predicted molar refractivity (Wildman–Crippen MR) is 111 cm³/mol. The molecule has 0 spiro atoms. The molecular formula is C20H18Cl2N4O2. The summed E-state index contributed by atoms with van der Waals surface area (Å²) in [5.41, 5.74) is 7.34. The van der Waals surface area contributed by atoms with E-state index >= 15 is 0 Å². The smallest absolute Gasteiger partial charge is 0.248 e. The van der Waals surface area contributed by atoms with Gasteiger partial charge in [0, 0.05) is 29.9 Å². The van der Waals surface area contributed by atoms with E-state index in [9.17, 15) is 4.79 Å². The number of halogens is 2. The molecule has 0 saturated heterocycles. The Balaban J connectivity index is 1.50. The number of rotatable bonds is 8. The van der Waals surface area contributed by atoms with E-state index in [1.807, 2.05) is 0 Å². The van der Waals surface area contributed by atoms with E-state index in [4.69, 9.17) is 33.7 Å². The maximum atomic E-state index is 11.2. The Morgan fingerprint density at radius 3 is 2.57 bits per heavy atom. The largest absolute Gasteiger partial charge is 0.493 e. The highest BCUT2D eigenvalue weighted by Crippen LogP contribution is 2.26. The minimum absolute atomic E-state index is 0.457. The average Bonchev–Trinajstić information content (AvgIpc) is 2.70. The molecule has 3 N–H and O–H groups in total. The van der Waals surface area contributed by atoms with E-state index in [0.29, 0.717) is 40.5 Å². The van der Waals surface area contributed by atoms with Crippen LogP contribution in [0.1, 0.15) is 16.8 Å². The third kappa shape index (κ3) is 5.34. The van der Waals surface area contributed by atoms with E-state index in [2.05, 4.69) is 15.3 Å². The fraction of sp³-hybridized carbons (Fsp3) is 0.150. The number of benzene rings is 2. The van der Waals surface area contributed by atoms with Gasteiger partial charge in [-0.3, -0.25) is 4.79 Å². The van der Waals surface area contributed by atoms with E-state index in [1.165, 1.54) is 0 Å². The number of hydrogen-bond donors (Lipinski definition) is 2. The Morgan fingerprint density at radius 1 is 1.07 bits per heavy atom. The van der Waals surface area contributed by atoms with E-state index in [0.717, 1.165) is 17.7 Å². The van der Waals surface area contributed by atoms with Gasteiger partial charge in [0.25, 0.3) is 0 Å². The van der Waals surface area contributed by atoms with E-state index < -0.39 is 5.91 Å². The SMILES string of the molecule is NC(=O)c1ccc(-c2ccnc(NCCCOc3ccc(Cl)c(Cl)c3)n2)cc1. The maximum absolute atomic E-state index is 11.2. The monoisotopic (exact) mass is 416 g/mol. The number of aromatic nitrogens is 2. The number of nitrogens with one attached hydrogen (secondary N) is 1. The molecule has 0 aliphatic carbocycles. The lowest BCUT2D eigenvalue weighted by Gasteiger charge is -2.09. The molecule has 0 fully saturated rings. The van der Waals surface area contributed by atoms with Gasteiger partial charge in [-0.25, -0.2) is 9.97 Å². The molecule has 0 radical (unpaired) electrons. The summed E-state index contributed by atoms with van der Waals surface area (Å²) >= 11 is 11.8. The molecule has 144 valence electrons. The van der Waals surface area contributed by atoms with Gasteiger partial charge >= 0.3 is 0 Å². The second-order valence-electron chi connectivity index (χ2n) is 5.91. The minimum Gasteiger partial charge on any atom is -0.493 e. The Morgan fingerprint density at radius 2 is 1.86 bits per heavy atom. The highest BCUT2D eigenvalue weighted by molar-refractivity contribution is 6.42. The molecule has 1 heterocycles. The lowest BCUT2D eigenvalue weighted by atomic mass is 10.1. The second kappa shape index (κ2) is 9.39. The van der Waals surface area contributed by atoms with Crippen LogP contribution in [0.2, 0.25) is 10.0 Å². The zero-order valence-electron chi connectivity index (χ0n) is 14.9. The van der Waals surface area contributed by atoms with E-state index in [1.54, 1.807) is 54.7 Å². The lowest BCUT2D eigenvalue weighted by molar-refractivity contribution is 0.100. The van der Waals surface area contributed by atoms with Crippen molar-refractivity contribution in [1.82, 2.24) is 9.97 Å². The van der Waals surface area contributed by atoms with Crippen molar-refractivity contribution in [3.05, 3.63) is 70.3 Å². The van der Waals surface area contributed by atoms with Crippen LogP contribution in [0.25, 0.3) is 11.3 Å². The summed E-state index contributed by atoms with van der Waals surface area (Å²) in [7, 11) is 0. The van der Waals surface area contributed by atoms with Crippen LogP contribution in [-0.2, 0) is 0 Å². The number of hydrogen-bond acceptors (Lipinski definition) is 5. The van der Waals surface area contributed by atoms with Gasteiger partial charge in [-0.05, 0) is 36.8 Å². The third-order valence-electron chi connectivity index (χ3n) is 3.88. The summed E-state index contributed by atoms with van der Waals surface area (Å²) < 4.78 is 5.64. The van der Waals surface area contributed by atoms with Gasteiger partial charge in [0.1, 0.15) is 5.75 Å². The van der Waals surface area contributed by atoms with Gasteiger partial charge < -0.3 is 15.8 Å². The van der Waals surface area contributed by atoms with E-state index in [-0.39, 0.29) is 0 Å². The summed E-state index contributed by atoms with van der Waals surface area (Å²) in [5, 5.41) is 4.13. The summed E-state index contributed by atoms with van der Waals surface area (Å²) in [6, 6.07) is 13.9. The van der Waals surface area contributed by atoms with Gasteiger partial charge in [0.05, 0.1) is 22.3 Å². The first-order valence-electron chi connectivity index (χ1n) is 8.58. The van der Waals surface area contributed by atoms with Crippen molar-refractivity contribution in [3.63, 3.8) is 0 Å². The van der Waals surface area contributed by atoms with Crippen molar-refractivity contribution in [2.24, 2.45) is 5.73 Å². The number of ether oxygens (including phenoxy) is 1. The normalized spacial score (nSPS) is 10.5. The predicted octanol–water partition coefficient (Wildman–Crippen LogP) is 4.43. The first kappa shape index (κ1) is 19.9. The van der Waals surface area contributed by atoms with Crippen molar-refractivity contribution < 1.29 is 9.53 Å². The second-order valence-corrected chi connectivity index (χ2v) is 6.73. The van der Waals surface area contributed by atoms with Crippen LogP contribution < -0.4 is 15.8 Å². The molecule has 0 aliphatic heterocycles. The standard InChI is InChI=1S/C20H18Cl2N4O2/c21-16-7-6-15(12-17(16)22)28-11-1-9-24-20-25-10-8-18(26-20)13-2-4-14(5-3-13)19(23)27/h2-8,10,12H,1,9,11H2,(H2,23,27)(H,24,25,26). The number of primary amides is 1. The molecule has 6 nitrogen and oxygen atoms in total. The number of amides is 1. The maximum Gasteiger partial charge on any atom is 0.248 e. The Kier molecular flexibility index (Phi) is 6.68. The summed E-state index contributed by atoms with van der Waals surface area (Å²) in [6.07, 6.45) is 2.43. The molecule has 3 rings (SSSR count). The lowest BCUT2D eigenvalue weighted by Crippen LogP contribution is -2.10. The van der Waals surface area contributed by atoms with Crippen molar-refractivity contribution in [2.45, 2.75) is 6.42 Å². The van der Waals surface area contributed by atoms with Crippen LogP contribution in [0.3, 0.4) is 0 Å². The zero-order valence-corrected chi connectivity index (χ0v) is 16.4. The number of anilines is 1. The van der Waals surface area contributed by atoms with Crippen molar-refractivity contribution in [2.75, 3.05) is 18.5 Å². The van der Waals surface area contributed by atoms with Crippen molar-refractivity contribution in [1.29, 1.82) is 0 Å². The molecule has 3 aromatic rings. The number of nitrogens with two attached hydrogens (primary N) is 1. The summed E-state index contributed by atoms with van der Waals surface area (Å²) in [4.78, 5) is 19.9. The molecule has 1 aromatic heterocycles. The van der Waals surface area contributed by atoms with Gasteiger partial charge in [-0.15, -0.1) is 0 Å². The molecule has 0 atom stereocenters. The topological polar surface area (TPSA) is 90.1 Å². The number of carbonyl (C=O) groups excluding carboxylic acids is 1. The fourth-order valence-electron chi connectivity index (χ4n) is 2.44. The molecule has 2 aromatic carbocycles. The van der Waals surface area contributed by atoms with Crippen molar-refractivity contribution >= 4 is 35.1 Å². The van der Waals surface area contributed by atoms with Crippen LogP contribution >= 0.6 is 23.2 Å². The Bertz CT molecular complexity index is 965. The third-order valence-corrected chi connectivity index (χ3v) is 4.62. The van der Waals surface area contributed by atoms with Crippen LogP contribution in [-0.4, -0.2) is 29.0 Å². The molecular weight excluding hydrogens is 399 g/mol. The average molecular weight is 417 g/mol. The van der Waals surface area contributed by atoms with Crippen LogP contribution in [0.5, 0.6) is 5.75 Å². The minimum atomic E-state index is -0.459. The van der Waals surface area contributed by atoms with Gasteiger partial charge in [-0.1, -0.05) is 35.3 Å². The van der Waals surface area contributed by atoms with Crippen LogP contribution in [0.4, 0.5) is 5.95 Å². The molecule has 1 amide bonds. The fourth-order valence-corrected chi connectivity index (χ4v) is 2.73. The number of carbonyl (C=O) groups is 1. The van der Waals surface area contributed by atoms with Crippen LogP contribution in [0, 0.1) is 0 Å². The first-order valence-corrected chi connectivity index (χ1v) is 9.33. The molecule has 8 heteroatoms. The van der Waals surface area contributed by atoms with Gasteiger partial charge in [0.2, 0.25) is 11.9 Å². The highest BCUT2D eigenvalue weighted by Gasteiger charge is 2.05. The van der Waals surface area contributed by atoms with Crippen molar-refractivity contribution in [3.8, 4) is 17.0 Å². The quantitative estimate of drug-likeness (QED) is 0.530. The van der Waals surface area contributed by atoms with Gasteiger partial charge in [-0.2, -0.15) is 0 Å². The first-order chi connectivity index (χ1) is 13.5.